The van der Waals surface area contributed by atoms with Crippen molar-refractivity contribution in [2.24, 2.45) is 0 Å². The van der Waals surface area contributed by atoms with Gasteiger partial charge in [0.1, 0.15) is 16.2 Å². The summed E-state index contributed by atoms with van der Waals surface area (Å²) in [5.41, 5.74) is 2.27. The van der Waals surface area contributed by atoms with E-state index in [9.17, 15) is 13.2 Å². The van der Waals surface area contributed by atoms with E-state index in [-0.39, 0.29) is 10.6 Å². The Morgan fingerprint density at radius 1 is 1.04 bits per heavy atom. The molecule has 2 aromatic carbocycles. The van der Waals surface area contributed by atoms with Gasteiger partial charge in [0, 0.05) is 17.5 Å². The van der Waals surface area contributed by atoms with Gasteiger partial charge in [-0.25, -0.2) is 4.79 Å². The van der Waals surface area contributed by atoms with Crippen LogP contribution in [0.2, 0.25) is 0 Å². The number of aryl methyl sites for hydroxylation is 3. The van der Waals surface area contributed by atoms with Crippen molar-refractivity contribution in [1.29, 1.82) is 0 Å². The molecule has 1 heterocycles. The molecule has 130 valence electrons. The molecule has 0 aliphatic rings. The predicted molar refractivity (Wildman–Crippen MR) is 95.6 cm³/mol. The summed E-state index contributed by atoms with van der Waals surface area (Å²) >= 11 is 0. The first kappa shape index (κ1) is 17.2. The van der Waals surface area contributed by atoms with Crippen molar-refractivity contribution in [2.45, 2.75) is 32.1 Å². The Labute approximate surface area is 146 Å². The minimum absolute atomic E-state index is 0.0749. The second-order valence-corrected chi connectivity index (χ2v) is 7.45. The smallest absolute Gasteiger partial charge is 0.339 e. The third-order valence-corrected chi connectivity index (χ3v) is 5.27. The van der Waals surface area contributed by atoms with Gasteiger partial charge in [0.05, 0.1) is 0 Å². The maximum absolute atomic E-state index is 12.5. The van der Waals surface area contributed by atoms with Gasteiger partial charge in [0.15, 0.2) is 0 Å². The van der Waals surface area contributed by atoms with Crippen molar-refractivity contribution in [3.05, 3.63) is 69.6 Å². The zero-order valence-corrected chi connectivity index (χ0v) is 15.0. The van der Waals surface area contributed by atoms with E-state index < -0.39 is 15.7 Å². The van der Waals surface area contributed by atoms with Gasteiger partial charge in [-0.2, -0.15) is 8.42 Å². The highest BCUT2D eigenvalue weighted by Gasteiger charge is 2.19. The molecular weight excluding hydrogens is 340 g/mol. The van der Waals surface area contributed by atoms with E-state index in [0.29, 0.717) is 12.0 Å². The lowest BCUT2D eigenvalue weighted by Gasteiger charge is -2.12. The van der Waals surface area contributed by atoms with Crippen molar-refractivity contribution < 1.29 is 17.0 Å². The number of rotatable bonds is 4. The van der Waals surface area contributed by atoms with Crippen LogP contribution in [-0.2, 0) is 16.5 Å². The van der Waals surface area contributed by atoms with Crippen LogP contribution in [0.15, 0.2) is 56.6 Å². The van der Waals surface area contributed by atoms with Crippen molar-refractivity contribution in [3.63, 3.8) is 0 Å². The van der Waals surface area contributed by atoms with Crippen LogP contribution in [0.1, 0.15) is 23.6 Å². The lowest BCUT2D eigenvalue weighted by Crippen LogP contribution is -2.11. The molecule has 5 nitrogen and oxygen atoms in total. The van der Waals surface area contributed by atoms with Crippen LogP contribution in [-0.4, -0.2) is 8.42 Å². The zero-order chi connectivity index (χ0) is 18.2. The maximum atomic E-state index is 12.5. The fourth-order valence-corrected chi connectivity index (χ4v) is 3.57. The minimum atomic E-state index is -3.97. The lowest BCUT2D eigenvalue weighted by atomic mass is 10.1. The Morgan fingerprint density at radius 2 is 1.72 bits per heavy atom. The third kappa shape index (κ3) is 3.44. The first-order valence-electron chi connectivity index (χ1n) is 7.88. The first-order chi connectivity index (χ1) is 11.8. The van der Waals surface area contributed by atoms with Crippen molar-refractivity contribution >= 4 is 21.1 Å². The molecule has 0 atom stereocenters. The summed E-state index contributed by atoms with van der Waals surface area (Å²) < 4.78 is 35.6. The fraction of sp³-hybridized carbons (Fsp3) is 0.211. The SMILES string of the molecule is CCc1cc2c(C)cc(=O)oc2cc1OS(=O)(=O)c1ccc(C)cc1. The van der Waals surface area contributed by atoms with Crippen LogP contribution in [0, 0.1) is 13.8 Å². The Kier molecular flexibility index (Phi) is 4.39. The first-order valence-corrected chi connectivity index (χ1v) is 9.29. The molecule has 0 saturated carbocycles. The largest absolute Gasteiger partial charge is 0.423 e. The maximum Gasteiger partial charge on any atom is 0.339 e. The topological polar surface area (TPSA) is 73.6 Å². The molecule has 0 fully saturated rings. The molecule has 1 aromatic heterocycles. The highest BCUT2D eigenvalue weighted by molar-refractivity contribution is 7.87. The van der Waals surface area contributed by atoms with Crippen LogP contribution >= 0.6 is 0 Å². The summed E-state index contributed by atoms with van der Waals surface area (Å²) in [6.45, 7) is 5.59. The Balaban J connectivity index is 2.11. The normalized spacial score (nSPS) is 11.6. The van der Waals surface area contributed by atoms with E-state index in [1.165, 1.54) is 24.3 Å². The molecule has 0 aliphatic carbocycles. The molecule has 0 radical (unpaired) electrons. The molecule has 0 spiro atoms. The number of fused-ring (bicyclic) bond motifs is 1. The van der Waals surface area contributed by atoms with Crippen LogP contribution in [0.4, 0.5) is 0 Å². The average molecular weight is 358 g/mol. The fourth-order valence-electron chi connectivity index (χ4n) is 2.62. The molecular formula is C19H18O5S. The second-order valence-electron chi connectivity index (χ2n) is 5.91. The summed E-state index contributed by atoms with van der Waals surface area (Å²) in [4.78, 5) is 11.7. The van der Waals surface area contributed by atoms with Gasteiger partial charge in [0.25, 0.3) is 0 Å². The van der Waals surface area contributed by atoms with Crippen molar-refractivity contribution in [3.8, 4) is 5.75 Å². The highest BCUT2D eigenvalue weighted by atomic mass is 32.2. The predicted octanol–water partition coefficient (Wildman–Crippen LogP) is 3.74. The third-order valence-electron chi connectivity index (χ3n) is 4.02. The Morgan fingerprint density at radius 3 is 2.36 bits per heavy atom. The monoisotopic (exact) mass is 358 g/mol. The minimum Gasteiger partial charge on any atom is -0.423 e. The highest BCUT2D eigenvalue weighted by Crippen LogP contribution is 2.30. The van der Waals surface area contributed by atoms with Crippen molar-refractivity contribution in [2.75, 3.05) is 0 Å². The van der Waals surface area contributed by atoms with Gasteiger partial charge < -0.3 is 8.60 Å². The number of benzene rings is 2. The zero-order valence-electron chi connectivity index (χ0n) is 14.2. The summed E-state index contributed by atoms with van der Waals surface area (Å²) in [6, 6.07) is 11.1. The van der Waals surface area contributed by atoms with Crippen LogP contribution in [0.5, 0.6) is 5.75 Å². The van der Waals surface area contributed by atoms with E-state index >= 15 is 0 Å². The number of hydrogen-bond donors (Lipinski definition) is 0. The number of hydrogen-bond acceptors (Lipinski definition) is 5. The van der Waals surface area contributed by atoms with E-state index in [2.05, 4.69) is 0 Å². The molecule has 0 amide bonds. The molecule has 25 heavy (non-hydrogen) atoms. The van der Waals surface area contributed by atoms with Crippen molar-refractivity contribution in [1.82, 2.24) is 0 Å². The van der Waals surface area contributed by atoms with Gasteiger partial charge in [-0.1, -0.05) is 24.6 Å². The van der Waals surface area contributed by atoms with E-state index in [4.69, 9.17) is 8.60 Å². The van der Waals surface area contributed by atoms with E-state index in [1.54, 1.807) is 18.2 Å². The van der Waals surface area contributed by atoms with Gasteiger partial charge in [-0.15, -0.1) is 0 Å². The Hall–Kier alpha value is -2.60. The second kappa shape index (κ2) is 6.37. The standard InChI is InChI=1S/C19H18O5S/c1-4-14-10-16-13(3)9-19(20)23-18(16)11-17(14)24-25(21,22)15-7-5-12(2)6-8-15/h5-11H,4H2,1-3H3. The lowest BCUT2D eigenvalue weighted by molar-refractivity contribution is 0.482. The summed E-state index contributed by atoms with van der Waals surface area (Å²) in [7, 11) is -3.97. The van der Waals surface area contributed by atoms with Crippen LogP contribution < -0.4 is 9.81 Å². The Bertz CT molecular complexity index is 1090. The summed E-state index contributed by atoms with van der Waals surface area (Å²) in [6.07, 6.45) is 0.577. The van der Waals surface area contributed by atoms with Gasteiger partial charge >= 0.3 is 15.7 Å². The molecule has 0 saturated heterocycles. The van der Waals surface area contributed by atoms with E-state index in [1.807, 2.05) is 20.8 Å². The van der Waals surface area contributed by atoms with Crippen LogP contribution in [0.25, 0.3) is 11.0 Å². The molecule has 3 rings (SSSR count). The summed E-state index contributed by atoms with van der Waals surface area (Å²) in [5, 5.41) is 0.761. The quantitative estimate of drug-likeness (QED) is 0.525. The molecule has 6 heteroatoms. The molecule has 3 aromatic rings. The van der Waals surface area contributed by atoms with Gasteiger partial charge in [-0.3, -0.25) is 0 Å². The molecule has 0 aliphatic heterocycles. The van der Waals surface area contributed by atoms with E-state index in [0.717, 1.165) is 22.1 Å². The van der Waals surface area contributed by atoms with Crippen LogP contribution in [0.3, 0.4) is 0 Å². The average Bonchev–Trinajstić information content (AvgIpc) is 2.54. The molecule has 0 bridgehead atoms. The van der Waals surface area contributed by atoms with Gasteiger partial charge in [0.2, 0.25) is 0 Å². The molecule has 0 N–H and O–H groups in total. The summed E-state index contributed by atoms with van der Waals surface area (Å²) in [5.74, 6) is 0.171. The van der Waals surface area contributed by atoms with Gasteiger partial charge in [-0.05, 0) is 49.6 Å². The molecule has 0 unspecified atom stereocenters.